The number of carbonyl (C=O) groups is 1. The molecule has 1 aliphatic heterocycles. The minimum Gasteiger partial charge on any atom is -0.466 e. The van der Waals surface area contributed by atoms with Gasteiger partial charge in [-0.2, -0.15) is 0 Å². The monoisotopic (exact) mass is 496 g/mol. The summed E-state index contributed by atoms with van der Waals surface area (Å²) in [6.07, 6.45) is 0.428. The standard InChI is InChI=1S/C31H26F2N2O2/c1-37-31(36)29-27(34-25-8-4-2-5-9-25)20-28(21-12-16-23(32)17-13-21)35(26-10-6-3-7-11-26)30(29)22-14-18-24(33)19-15-22/h2-19,28,30,34H,20H2,1H3/t28-,30+/m0/s1. The normalized spacial score (nSPS) is 17.4. The second kappa shape index (κ2) is 10.7. The van der Waals surface area contributed by atoms with Crippen molar-refractivity contribution >= 4 is 17.3 Å². The Morgan fingerprint density at radius 2 is 1.32 bits per heavy atom. The van der Waals surface area contributed by atoms with E-state index in [0.29, 0.717) is 17.7 Å². The Morgan fingerprint density at radius 1 is 0.784 bits per heavy atom. The molecule has 0 saturated heterocycles. The molecule has 1 N–H and O–H groups in total. The first-order chi connectivity index (χ1) is 18.0. The lowest BCUT2D eigenvalue weighted by Crippen LogP contribution is -2.41. The van der Waals surface area contributed by atoms with Crippen molar-refractivity contribution in [3.63, 3.8) is 0 Å². The highest BCUT2D eigenvalue weighted by molar-refractivity contribution is 5.93. The minimum atomic E-state index is -0.606. The van der Waals surface area contributed by atoms with Gasteiger partial charge in [-0.25, -0.2) is 13.6 Å². The van der Waals surface area contributed by atoms with Gasteiger partial charge in [0, 0.05) is 23.5 Å². The Bertz CT molecular complexity index is 1390. The molecule has 0 saturated carbocycles. The SMILES string of the molecule is COC(=O)C1=C(Nc2ccccc2)C[C@@H](c2ccc(F)cc2)N(c2ccccc2)[C@@H]1c1ccc(F)cc1. The molecule has 1 heterocycles. The van der Waals surface area contributed by atoms with Crippen molar-refractivity contribution in [1.29, 1.82) is 0 Å². The molecule has 0 fully saturated rings. The molecule has 0 aromatic heterocycles. The number of halogens is 2. The number of ether oxygens (including phenoxy) is 1. The molecular weight excluding hydrogens is 470 g/mol. The highest BCUT2D eigenvalue weighted by atomic mass is 19.1. The second-order valence-corrected chi connectivity index (χ2v) is 8.84. The number of hydrogen-bond donors (Lipinski definition) is 1. The van der Waals surface area contributed by atoms with Gasteiger partial charge in [0.1, 0.15) is 11.6 Å². The summed E-state index contributed by atoms with van der Waals surface area (Å²) in [7, 11) is 1.36. The average Bonchev–Trinajstić information content (AvgIpc) is 2.94. The Kier molecular flexibility index (Phi) is 6.99. The lowest BCUT2D eigenvalue weighted by atomic mass is 9.84. The van der Waals surface area contributed by atoms with Crippen LogP contribution in [0.15, 0.2) is 120 Å². The van der Waals surface area contributed by atoms with E-state index in [1.807, 2.05) is 60.7 Å². The number of nitrogens with one attached hydrogen (secondary N) is 1. The number of benzene rings is 4. The smallest absolute Gasteiger partial charge is 0.337 e. The molecule has 5 rings (SSSR count). The average molecular weight is 497 g/mol. The molecule has 0 radical (unpaired) electrons. The number of carbonyl (C=O) groups excluding carboxylic acids is 1. The summed E-state index contributed by atoms with van der Waals surface area (Å²) in [5, 5.41) is 3.44. The summed E-state index contributed by atoms with van der Waals surface area (Å²) in [5.74, 6) is -1.17. The van der Waals surface area contributed by atoms with Gasteiger partial charge in [-0.15, -0.1) is 0 Å². The van der Waals surface area contributed by atoms with Gasteiger partial charge in [0.05, 0.1) is 24.8 Å². The summed E-state index contributed by atoms with van der Waals surface area (Å²) in [6, 6.07) is 31.0. The summed E-state index contributed by atoms with van der Waals surface area (Å²) < 4.78 is 33.2. The van der Waals surface area contributed by atoms with Gasteiger partial charge in [-0.1, -0.05) is 60.7 Å². The van der Waals surface area contributed by atoms with Crippen LogP contribution in [0.4, 0.5) is 20.2 Å². The summed E-state index contributed by atoms with van der Waals surface area (Å²) >= 11 is 0. The van der Waals surface area contributed by atoms with Crippen molar-refractivity contribution in [2.24, 2.45) is 0 Å². The van der Waals surface area contributed by atoms with E-state index in [0.717, 1.165) is 22.5 Å². The number of anilines is 2. The first-order valence-electron chi connectivity index (χ1n) is 12.0. The number of hydrogen-bond acceptors (Lipinski definition) is 4. The number of nitrogens with zero attached hydrogens (tertiary/aromatic N) is 1. The van der Waals surface area contributed by atoms with Gasteiger partial charge in [-0.3, -0.25) is 0 Å². The summed E-state index contributed by atoms with van der Waals surface area (Å²) in [6.45, 7) is 0. The van der Waals surface area contributed by atoms with Crippen LogP contribution < -0.4 is 10.2 Å². The van der Waals surface area contributed by atoms with E-state index in [2.05, 4.69) is 10.2 Å². The van der Waals surface area contributed by atoms with E-state index in [9.17, 15) is 13.6 Å². The lowest BCUT2D eigenvalue weighted by Gasteiger charge is -2.45. The van der Waals surface area contributed by atoms with E-state index in [4.69, 9.17) is 4.74 Å². The molecule has 0 bridgehead atoms. The molecule has 0 spiro atoms. The summed E-state index contributed by atoms with van der Waals surface area (Å²) in [4.78, 5) is 15.5. The molecular formula is C31H26F2N2O2. The van der Waals surface area contributed by atoms with Gasteiger partial charge < -0.3 is 15.0 Å². The lowest BCUT2D eigenvalue weighted by molar-refractivity contribution is -0.136. The van der Waals surface area contributed by atoms with E-state index in [1.165, 1.54) is 31.4 Å². The fourth-order valence-electron chi connectivity index (χ4n) is 4.91. The van der Waals surface area contributed by atoms with Gasteiger partial charge in [0.15, 0.2) is 0 Å². The van der Waals surface area contributed by atoms with Crippen LogP contribution in [0.5, 0.6) is 0 Å². The Morgan fingerprint density at radius 3 is 1.89 bits per heavy atom. The fourth-order valence-corrected chi connectivity index (χ4v) is 4.91. The van der Waals surface area contributed by atoms with Crippen LogP contribution in [0.1, 0.15) is 29.6 Å². The van der Waals surface area contributed by atoms with E-state index in [-0.39, 0.29) is 17.7 Å². The van der Waals surface area contributed by atoms with Gasteiger partial charge in [0.2, 0.25) is 0 Å². The van der Waals surface area contributed by atoms with Crippen molar-refractivity contribution in [2.75, 3.05) is 17.3 Å². The third-order valence-electron chi connectivity index (χ3n) is 6.58. The maximum Gasteiger partial charge on any atom is 0.337 e. The van der Waals surface area contributed by atoms with Crippen LogP contribution in [-0.4, -0.2) is 13.1 Å². The minimum absolute atomic E-state index is 0.266. The second-order valence-electron chi connectivity index (χ2n) is 8.84. The van der Waals surface area contributed by atoms with Crippen LogP contribution in [0.25, 0.3) is 0 Å². The quantitative estimate of drug-likeness (QED) is 0.287. The Balaban J connectivity index is 1.77. The van der Waals surface area contributed by atoms with Gasteiger partial charge in [-0.05, 0) is 59.7 Å². The van der Waals surface area contributed by atoms with Gasteiger partial charge >= 0.3 is 5.97 Å². The molecule has 2 atom stereocenters. The predicted octanol–water partition coefficient (Wildman–Crippen LogP) is 7.20. The molecule has 6 heteroatoms. The highest BCUT2D eigenvalue weighted by Crippen LogP contribution is 2.48. The topological polar surface area (TPSA) is 41.6 Å². The molecule has 4 aromatic rings. The zero-order valence-corrected chi connectivity index (χ0v) is 20.3. The molecule has 1 aliphatic rings. The molecule has 4 aromatic carbocycles. The highest BCUT2D eigenvalue weighted by Gasteiger charge is 2.41. The molecule has 0 unspecified atom stereocenters. The number of para-hydroxylation sites is 2. The predicted molar refractivity (Wildman–Crippen MR) is 141 cm³/mol. The summed E-state index contributed by atoms with van der Waals surface area (Å²) in [5.41, 5.74) is 4.42. The van der Waals surface area contributed by atoms with Crippen LogP contribution >= 0.6 is 0 Å². The van der Waals surface area contributed by atoms with Crippen molar-refractivity contribution in [1.82, 2.24) is 0 Å². The van der Waals surface area contributed by atoms with E-state index < -0.39 is 12.0 Å². The third kappa shape index (κ3) is 5.09. The molecule has 37 heavy (non-hydrogen) atoms. The molecule has 0 amide bonds. The fraction of sp³-hybridized carbons (Fsp3) is 0.129. The maximum atomic E-state index is 14.0. The van der Waals surface area contributed by atoms with Crippen LogP contribution in [0.3, 0.4) is 0 Å². The zero-order chi connectivity index (χ0) is 25.8. The zero-order valence-electron chi connectivity index (χ0n) is 20.3. The van der Waals surface area contributed by atoms with Crippen molar-refractivity contribution in [2.45, 2.75) is 18.5 Å². The molecule has 4 nitrogen and oxygen atoms in total. The Labute approximate surface area is 214 Å². The maximum absolute atomic E-state index is 14.0. The largest absolute Gasteiger partial charge is 0.466 e. The number of methoxy groups -OCH3 is 1. The number of esters is 1. The first kappa shape index (κ1) is 24.3. The van der Waals surface area contributed by atoms with E-state index >= 15 is 0 Å². The van der Waals surface area contributed by atoms with Crippen molar-refractivity contribution in [3.05, 3.63) is 143 Å². The number of rotatable bonds is 6. The van der Waals surface area contributed by atoms with Gasteiger partial charge in [0.25, 0.3) is 0 Å². The Hall–Kier alpha value is -4.45. The van der Waals surface area contributed by atoms with Crippen molar-refractivity contribution < 1.29 is 18.3 Å². The van der Waals surface area contributed by atoms with E-state index in [1.54, 1.807) is 24.3 Å². The van der Waals surface area contributed by atoms with Crippen LogP contribution in [-0.2, 0) is 9.53 Å². The van der Waals surface area contributed by atoms with Crippen LogP contribution in [0, 0.1) is 11.6 Å². The molecule has 186 valence electrons. The third-order valence-corrected chi connectivity index (χ3v) is 6.58. The first-order valence-corrected chi connectivity index (χ1v) is 12.0. The van der Waals surface area contributed by atoms with Crippen LogP contribution in [0.2, 0.25) is 0 Å². The van der Waals surface area contributed by atoms with Crippen molar-refractivity contribution in [3.8, 4) is 0 Å². The molecule has 0 aliphatic carbocycles.